The van der Waals surface area contributed by atoms with E-state index in [1.54, 1.807) is 11.8 Å². The standard InChI is InChI=1S/C17H23NO3/c1-13-5-7-14(8-6-13)9-10-15(19)18-12-4-3-11-17(18,2)16(20)21/h5-8H,3-4,9-12H2,1-2H3,(H,20,21). The molecule has 1 aliphatic rings. The minimum atomic E-state index is -1.04. The summed E-state index contributed by atoms with van der Waals surface area (Å²) in [7, 11) is 0. The van der Waals surface area contributed by atoms with E-state index in [4.69, 9.17) is 0 Å². The second-order valence-electron chi connectivity index (χ2n) is 6.07. The van der Waals surface area contributed by atoms with Gasteiger partial charge in [-0.25, -0.2) is 4.79 Å². The maximum Gasteiger partial charge on any atom is 0.329 e. The van der Waals surface area contributed by atoms with Crippen LogP contribution in [0.2, 0.25) is 0 Å². The Labute approximate surface area is 125 Å². The lowest BCUT2D eigenvalue weighted by atomic mass is 9.88. The first-order valence-electron chi connectivity index (χ1n) is 7.53. The van der Waals surface area contributed by atoms with Gasteiger partial charge in [0, 0.05) is 13.0 Å². The third-order valence-electron chi connectivity index (χ3n) is 4.40. The van der Waals surface area contributed by atoms with Gasteiger partial charge in [-0.2, -0.15) is 0 Å². The van der Waals surface area contributed by atoms with Gasteiger partial charge in [0.25, 0.3) is 0 Å². The molecule has 1 N–H and O–H groups in total. The van der Waals surface area contributed by atoms with Crippen molar-refractivity contribution in [2.45, 2.75) is 51.5 Å². The van der Waals surface area contributed by atoms with Crippen LogP contribution >= 0.6 is 0 Å². The molecule has 4 heteroatoms. The number of carboxylic acid groups (broad SMARTS) is 1. The van der Waals surface area contributed by atoms with Crippen LogP contribution in [0.1, 0.15) is 43.7 Å². The Kier molecular flexibility index (Phi) is 4.66. The number of hydrogen-bond donors (Lipinski definition) is 1. The molecule has 1 atom stereocenters. The van der Waals surface area contributed by atoms with Gasteiger partial charge in [0.2, 0.25) is 5.91 Å². The van der Waals surface area contributed by atoms with E-state index in [2.05, 4.69) is 0 Å². The van der Waals surface area contributed by atoms with Crippen molar-refractivity contribution >= 4 is 11.9 Å². The summed E-state index contributed by atoms with van der Waals surface area (Å²) in [5.41, 5.74) is 1.27. The number of rotatable bonds is 4. The zero-order valence-corrected chi connectivity index (χ0v) is 12.8. The molecule has 0 spiro atoms. The third-order valence-corrected chi connectivity index (χ3v) is 4.40. The Hall–Kier alpha value is -1.84. The predicted molar refractivity (Wildman–Crippen MR) is 81.1 cm³/mol. The van der Waals surface area contributed by atoms with Crippen molar-refractivity contribution < 1.29 is 14.7 Å². The van der Waals surface area contributed by atoms with Gasteiger partial charge < -0.3 is 10.0 Å². The molecule has 0 saturated carbocycles. The van der Waals surface area contributed by atoms with Crippen molar-refractivity contribution in [3.8, 4) is 0 Å². The summed E-state index contributed by atoms with van der Waals surface area (Å²) in [4.78, 5) is 25.5. The van der Waals surface area contributed by atoms with Crippen molar-refractivity contribution in [3.05, 3.63) is 35.4 Å². The number of piperidine rings is 1. The van der Waals surface area contributed by atoms with Gasteiger partial charge in [-0.1, -0.05) is 29.8 Å². The zero-order valence-electron chi connectivity index (χ0n) is 12.8. The minimum absolute atomic E-state index is 0.0554. The third kappa shape index (κ3) is 3.43. The molecule has 1 saturated heterocycles. The molecule has 1 amide bonds. The Morgan fingerprint density at radius 2 is 1.90 bits per heavy atom. The number of carbonyl (C=O) groups excluding carboxylic acids is 1. The molecule has 0 radical (unpaired) electrons. The molecule has 1 heterocycles. The van der Waals surface area contributed by atoms with Crippen LogP contribution in [0.5, 0.6) is 0 Å². The molecule has 21 heavy (non-hydrogen) atoms. The van der Waals surface area contributed by atoms with E-state index in [1.165, 1.54) is 5.56 Å². The molecule has 114 valence electrons. The highest BCUT2D eigenvalue weighted by atomic mass is 16.4. The fraction of sp³-hybridized carbons (Fsp3) is 0.529. The lowest BCUT2D eigenvalue weighted by molar-refractivity contribution is -0.160. The predicted octanol–water partition coefficient (Wildman–Crippen LogP) is 2.78. The number of carbonyl (C=O) groups is 2. The summed E-state index contributed by atoms with van der Waals surface area (Å²) in [5.74, 6) is -0.953. The maximum absolute atomic E-state index is 12.4. The monoisotopic (exact) mass is 289 g/mol. The molecule has 0 bridgehead atoms. The zero-order chi connectivity index (χ0) is 15.5. The fourth-order valence-electron chi connectivity index (χ4n) is 2.88. The highest BCUT2D eigenvalue weighted by Crippen LogP contribution is 2.29. The quantitative estimate of drug-likeness (QED) is 0.927. The van der Waals surface area contributed by atoms with Gasteiger partial charge in [0.05, 0.1) is 0 Å². The van der Waals surface area contributed by atoms with Crippen LogP contribution in [-0.4, -0.2) is 34.0 Å². The van der Waals surface area contributed by atoms with E-state index in [0.717, 1.165) is 18.4 Å². The van der Waals surface area contributed by atoms with E-state index in [9.17, 15) is 14.7 Å². The molecule has 1 aromatic carbocycles. The average molecular weight is 289 g/mol. The Bertz CT molecular complexity index is 523. The lowest BCUT2D eigenvalue weighted by Crippen LogP contribution is -2.57. The first-order chi connectivity index (χ1) is 9.93. The minimum Gasteiger partial charge on any atom is -0.480 e. The Morgan fingerprint density at radius 3 is 2.52 bits per heavy atom. The van der Waals surface area contributed by atoms with Crippen LogP contribution in [0, 0.1) is 6.92 Å². The summed E-state index contributed by atoms with van der Waals surface area (Å²) in [5, 5.41) is 9.44. The van der Waals surface area contributed by atoms with Gasteiger partial charge >= 0.3 is 5.97 Å². The highest BCUT2D eigenvalue weighted by molar-refractivity contribution is 5.87. The smallest absolute Gasteiger partial charge is 0.329 e. The van der Waals surface area contributed by atoms with Crippen LogP contribution in [-0.2, 0) is 16.0 Å². The van der Waals surface area contributed by atoms with Crippen molar-refractivity contribution in [1.29, 1.82) is 0 Å². The molecule has 4 nitrogen and oxygen atoms in total. The van der Waals surface area contributed by atoms with Crippen LogP contribution in [0.25, 0.3) is 0 Å². The summed E-state index contributed by atoms with van der Waals surface area (Å²) in [6, 6.07) is 8.11. The molecule has 1 fully saturated rings. The maximum atomic E-state index is 12.4. The summed E-state index contributed by atoms with van der Waals surface area (Å²) < 4.78 is 0. The number of hydrogen-bond acceptors (Lipinski definition) is 2. The normalized spacial score (nSPS) is 22.1. The Balaban J connectivity index is 2.01. The second kappa shape index (κ2) is 6.29. The molecular formula is C17H23NO3. The first-order valence-corrected chi connectivity index (χ1v) is 7.53. The number of benzene rings is 1. The van der Waals surface area contributed by atoms with Gasteiger partial charge in [0.15, 0.2) is 0 Å². The van der Waals surface area contributed by atoms with Crippen LogP contribution < -0.4 is 0 Å². The molecule has 1 aromatic rings. The summed E-state index contributed by atoms with van der Waals surface area (Å²) >= 11 is 0. The SMILES string of the molecule is Cc1ccc(CCC(=O)N2CCCCC2(C)C(=O)O)cc1. The molecule has 0 aliphatic carbocycles. The number of carboxylic acids is 1. The van der Waals surface area contributed by atoms with E-state index in [-0.39, 0.29) is 5.91 Å². The molecule has 0 aromatic heterocycles. The van der Waals surface area contributed by atoms with Crippen molar-refractivity contribution in [1.82, 2.24) is 4.90 Å². The second-order valence-corrected chi connectivity index (χ2v) is 6.07. The van der Waals surface area contributed by atoms with E-state index in [0.29, 0.717) is 25.8 Å². The largest absolute Gasteiger partial charge is 0.480 e. The summed E-state index contributed by atoms with van der Waals surface area (Å²) in [6.07, 6.45) is 3.32. The van der Waals surface area contributed by atoms with E-state index < -0.39 is 11.5 Å². The van der Waals surface area contributed by atoms with Crippen molar-refractivity contribution in [2.75, 3.05) is 6.54 Å². The number of amides is 1. The lowest BCUT2D eigenvalue weighted by Gasteiger charge is -2.41. The van der Waals surface area contributed by atoms with E-state index >= 15 is 0 Å². The molecule has 1 aliphatic heterocycles. The number of likely N-dealkylation sites (tertiary alicyclic amines) is 1. The summed E-state index contributed by atoms with van der Waals surface area (Å²) in [6.45, 7) is 4.24. The van der Waals surface area contributed by atoms with Crippen molar-refractivity contribution in [3.63, 3.8) is 0 Å². The highest BCUT2D eigenvalue weighted by Gasteiger charge is 2.43. The van der Waals surface area contributed by atoms with Crippen molar-refractivity contribution in [2.24, 2.45) is 0 Å². The number of nitrogens with zero attached hydrogens (tertiary/aromatic N) is 1. The fourth-order valence-corrected chi connectivity index (χ4v) is 2.88. The Morgan fingerprint density at radius 1 is 1.24 bits per heavy atom. The van der Waals surface area contributed by atoms with Gasteiger partial charge in [-0.05, 0) is 45.1 Å². The van der Waals surface area contributed by atoms with E-state index in [1.807, 2.05) is 31.2 Å². The molecule has 1 unspecified atom stereocenters. The topological polar surface area (TPSA) is 57.6 Å². The van der Waals surface area contributed by atoms with Crippen LogP contribution in [0.3, 0.4) is 0 Å². The van der Waals surface area contributed by atoms with Crippen LogP contribution in [0.15, 0.2) is 24.3 Å². The molecule has 2 rings (SSSR count). The molecular weight excluding hydrogens is 266 g/mol. The average Bonchev–Trinajstić information content (AvgIpc) is 2.46. The van der Waals surface area contributed by atoms with Gasteiger partial charge in [-0.3, -0.25) is 4.79 Å². The number of aliphatic carboxylic acids is 1. The van der Waals surface area contributed by atoms with Crippen LogP contribution in [0.4, 0.5) is 0 Å². The first kappa shape index (κ1) is 15.5. The van der Waals surface area contributed by atoms with Gasteiger partial charge in [0.1, 0.15) is 5.54 Å². The number of aryl methyl sites for hydroxylation is 2. The van der Waals surface area contributed by atoms with Gasteiger partial charge in [-0.15, -0.1) is 0 Å².